The maximum Gasteiger partial charge on any atom is 1.00 e. The van der Waals surface area contributed by atoms with Crippen LogP contribution in [0.4, 0.5) is 4.79 Å². The van der Waals surface area contributed by atoms with Crippen molar-refractivity contribution < 1.29 is 72.5 Å². The SMILES string of the molecule is CC(=O)[CH-]NC(=O)OC(C)(C)C.[Rb+]. The molecule has 0 unspecified atom stereocenters. The van der Waals surface area contributed by atoms with Crippen LogP contribution in [0.25, 0.3) is 0 Å². The second-order valence-corrected chi connectivity index (χ2v) is 3.40. The number of ether oxygens (including phenoxy) is 1. The molecule has 0 saturated carbocycles. The van der Waals surface area contributed by atoms with Gasteiger partial charge in [-0.3, -0.25) is 0 Å². The normalized spacial score (nSPS) is 9.54. The van der Waals surface area contributed by atoms with Gasteiger partial charge in [0.25, 0.3) is 0 Å². The van der Waals surface area contributed by atoms with Crippen LogP contribution in [0.15, 0.2) is 0 Å². The Bertz CT molecular complexity index is 186. The van der Waals surface area contributed by atoms with Gasteiger partial charge in [-0.05, 0) is 27.7 Å². The van der Waals surface area contributed by atoms with Crippen LogP contribution < -0.4 is 63.5 Å². The number of hydrogen-bond acceptors (Lipinski definition) is 3. The molecular weight excluding hydrogens is 244 g/mol. The third-order valence-corrected chi connectivity index (χ3v) is 0.792. The molecule has 0 aliphatic rings. The van der Waals surface area contributed by atoms with E-state index in [1.807, 2.05) is 0 Å². The summed E-state index contributed by atoms with van der Waals surface area (Å²) in [5.41, 5.74) is -0.533. The second-order valence-electron chi connectivity index (χ2n) is 3.40. The number of carbonyl (C=O) groups excluding carboxylic acids is 2. The van der Waals surface area contributed by atoms with E-state index in [1.165, 1.54) is 6.92 Å². The fourth-order valence-corrected chi connectivity index (χ4v) is 0.468. The van der Waals surface area contributed by atoms with Crippen LogP contribution in [0, 0.1) is 6.54 Å². The molecule has 0 fully saturated rings. The molecule has 0 radical (unpaired) electrons. The van der Waals surface area contributed by atoms with Crippen molar-refractivity contribution >= 4 is 11.9 Å². The van der Waals surface area contributed by atoms with Crippen LogP contribution >= 0.6 is 0 Å². The summed E-state index contributed by atoms with van der Waals surface area (Å²) in [6.45, 7) is 7.66. The molecule has 0 rings (SSSR count). The minimum atomic E-state index is -0.613. The van der Waals surface area contributed by atoms with Crippen molar-refractivity contribution in [3.8, 4) is 0 Å². The maximum atomic E-state index is 10.8. The number of carbonyl (C=O) groups is 2. The van der Waals surface area contributed by atoms with E-state index in [9.17, 15) is 9.59 Å². The summed E-state index contributed by atoms with van der Waals surface area (Å²) in [6.07, 6.45) is -0.613. The molecule has 0 aromatic rings. The zero-order valence-electron chi connectivity index (χ0n) is 8.80. The monoisotopic (exact) mass is 257 g/mol. The van der Waals surface area contributed by atoms with Gasteiger partial charge in [-0.1, -0.05) is 0 Å². The molecule has 0 saturated heterocycles. The van der Waals surface area contributed by atoms with E-state index in [-0.39, 0.29) is 64.0 Å². The van der Waals surface area contributed by atoms with Crippen LogP contribution in [-0.4, -0.2) is 17.5 Å². The zero-order valence-corrected chi connectivity index (χ0v) is 13.7. The van der Waals surface area contributed by atoms with Crippen LogP contribution in [0.2, 0.25) is 0 Å². The zero-order chi connectivity index (χ0) is 9.78. The van der Waals surface area contributed by atoms with Crippen LogP contribution in [-0.2, 0) is 9.53 Å². The fraction of sp³-hybridized carbons (Fsp3) is 0.625. The Labute approximate surface area is 128 Å². The van der Waals surface area contributed by atoms with Gasteiger partial charge in [-0.15, -0.1) is 0 Å². The van der Waals surface area contributed by atoms with E-state index in [4.69, 9.17) is 4.74 Å². The average Bonchev–Trinajstić information content (AvgIpc) is 1.79. The third-order valence-electron chi connectivity index (χ3n) is 0.792. The third kappa shape index (κ3) is 12.6. The number of Topliss-reactive ketones (excluding diaryl/α,β-unsaturated/α-hetero) is 1. The summed E-state index contributed by atoms with van der Waals surface area (Å²) < 4.78 is 4.85. The van der Waals surface area contributed by atoms with Gasteiger partial charge in [0, 0.05) is 5.78 Å². The molecule has 4 nitrogen and oxygen atoms in total. The average molecular weight is 258 g/mol. The molecule has 13 heavy (non-hydrogen) atoms. The first-order valence-electron chi connectivity index (χ1n) is 3.64. The summed E-state index contributed by atoms with van der Waals surface area (Å²) in [5, 5.41) is 2.20. The molecule has 0 aromatic heterocycles. The predicted molar refractivity (Wildman–Crippen MR) is 44.4 cm³/mol. The molecular formula is C8H14NO3Rb. The Morgan fingerprint density at radius 2 is 1.77 bits per heavy atom. The number of amides is 1. The van der Waals surface area contributed by atoms with Gasteiger partial charge in [0.05, 0.1) is 0 Å². The quantitative estimate of drug-likeness (QED) is 0.598. The van der Waals surface area contributed by atoms with E-state index in [1.54, 1.807) is 20.8 Å². The molecule has 0 atom stereocenters. The fourth-order valence-electron chi connectivity index (χ4n) is 0.468. The number of hydrogen-bond donors (Lipinski definition) is 1. The number of ketones is 1. The number of rotatable bonds is 2. The van der Waals surface area contributed by atoms with Gasteiger partial charge in [0.1, 0.15) is 5.60 Å². The first kappa shape index (κ1) is 16.1. The Kier molecular flexibility index (Phi) is 8.62. The molecule has 1 N–H and O–H groups in total. The predicted octanol–water partition coefficient (Wildman–Crippen LogP) is -1.73. The summed E-state index contributed by atoms with van der Waals surface area (Å²) in [7, 11) is 0. The first-order valence-corrected chi connectivity index (χ1v) is 3.64. The Morgan fingerprint density at radius 3 is 2.08 bits per heavy atom. The van der Waals surface area contributed by atoms with Crippen molar-refractivity contribution in [2.75, 3.05) is 0 Å². The maximum absolute atomic E-state index is 10.8. The van der Waals surface area contributed by atoms with Crippen molar-refractivity contribution in [1.29, 1.82) is 0 Å². The molecule has 0 aliphatic carbocycles. The molecule has 0 aromatic carbocycles. The molecule has 0 spiro atoms. The largest absolute Gasteiger partial charge is 1.00 e. The van der Waals surface area contributed by atoms with Gasteiger partial charge in [0.2, 0.25) is 0 Å². The summed E-state index contributed by atoms with van der Waals surface area (Å²) in [4.78, 5) is 21.2. The first-order chi connectivity index (χ1) is 5.31. The minimum Gasteiger partial charge on any atom is -0.448 e. The van der Waals surface area contributed by atoms with Gasteiger partial charge >= 0.3 is 64.3 Å². The smallest absolute Gasteiger partial charge is 0.448 e. The molecule has 70 valence electrons. The Hall–Kier alpha value is 0.615. The van der Waals surface area contributed by atoms with E-state index in [0.717, 1.165) is 6.54 Å². The van der Waals surface area contributed by atoms with E-state index in [2.05, 4.69) is 5.32 Å². The standard InChI is InChI=1S/C8H14NO3.Rb/c1-6(10)5-9-7(11)12-8(2,3)4;/h5H,1-4H3,(H,9,11);/q-1;+1. The molecule has 1 amide bonds. The number of nitrogens with one attached hydrogen (secondary N) is 1. The van der Waals surface area contributed by atoms with Crippen molar-refractivity contribution in [3.05, 3.63) is 6.54 Å². The minimum absolute atomic E-state index is 0. The molecule has 5 heteroatoms. The molecule has 0 aliphatic heterocycles. The van der Waals surface area contributed by atoms with Gasteiger partial charge in [0.15, 0.2) is 0 Å². The Morgan fingerprint density at radius 1 is 1.31 bits per heavy atom. The van der Waals surface area contributed by atoms with Crippen LogP contribution in [0.3, 0.4) is 0 Å². The second kappa shape index (κ2) is 6.98. The number of alkyl carbamates (subject to hydrolysis) is 1. The van der Waals surface area contributed by atoms with Crippen molar-refractivity contribution in [3.63, 3.8) is 0 Å². The van der Waals surface area contributed by atoms with Gasteiger partial charge in [-0.25, -0.2) is 11.3 Å². The van der Waals surface area contributed by atoms with E-state index in [0.29, 0.717) is 0 Å². The Balaban J connectivity index is 0. The van der Waals surface area contributed by atoms with Crippen molar-refractivity contribution in [1.82, 2.24) is 5.32 Å². The molecule has 0 heterocycles. The topological polar surface area (TPSA) is 55.4 Å². The van der Waals surface area contributed by atoms with Gasteiger partial charge in [-0.2, -0.15) is 0 Å². The summed E-state index contributed by atoms with van der Waals surface area (Å²) in [5.74, 6) is -0.221. The van der Waals surface area contributed by atoms with E-state index < -0.39 is 11.7 Å². The molecule has 0 bridgehead atoms. The van der Waals surface area contributed by atoms with Crippen LogP contribution in [0.1, 0.15) is 27.7 Å². The van der Waals surface area contributed by atoms with Crippen molar-refractivity contribution in [2.45, 2.75) is 33.3 Å². The summed E-state index contributed by atoms with van der Waals surface area (Å²) in [6, 6.07) is 0. The van der Waals surface area contributed by atoms with Gasteiger partial charge < -0.3 is 14.8 Å². The van der Waals surface area contributed by atoms with Crippen LogP contribution in [0.5, 0.6) is 0 Å². The van der Waals surface area contributed by atoms with Crippen molar-refractivity contribution in [2.24, 2.45) is 0 Å². The van der Waals surface area contributed by atoms with E-state index >= 15 is 0 Å². The summed E-state index contributed by atoms with van der Waals surface area (Å²) >= 11 is 0.